The van der Waals surface area contributed by atoms with Crippen LogP contribution in [-0.2, 0) is 18.7 Å². The van der Waals surface area contributed by atoms with E-state index in [4.69, 9.17) is 15.5 Å². The Balaban J connectivity index is 2.71. The molecule has 0 unspecified atom stereocenters. The van der Waals surface area contributed by atoms with E-state index < -0.39 is 17.9 Å². The highest BCUT2D eigenvalue weighted by Crippen LogP contribution is 2.41. The van der Waals surface area contributed by atoms with Gasteiger partial charge in [0.1, 0.15) is 4.90 Å². The normalized spacial score (nSPS) is 12.7. The third-order valence-corrected chi connectivity index (χ3v) is 4.84. The van der Waals surface area contributed by atoms with Crippen LogP contribution in [0.25, 0.3) is 10.8 Å². The van der Waals surface area contributed by atoms with E-state index in [1.807, 2.05) is 0 Å². The van der Waals surface area contributed by atoms with Crippen LogP contribution in [0.2, 0.25) is 0 Å². The van der Waals surface area contributed by atoms with Crippen molar-refractivity contribution in [3.05, 3.63) is 36.4 Å². The molecule has 0 heterocycles. The first-order valence-electron chi connectivity index (χ1n) is 5.00. The van der Waals surface area contributed by atoms with Crippen LogP contribution in [0, 0.1) is 0 Å². The molecule has 0 spiro atoms. The highest BCUT2D eigenvalue weighted by Gasteiger charge is 2.29. The van der Waals surface area contributed by atoms with E-state index in [2.05, 4.69) is 3.97 Å². The van der Waals surface area contributed by atoms with Gasteiger partial charge in [-0.1, -0.05) is 24.3 Å². The third kappa shape index (κ3) is 2.94. The van der Waals surface area contributed by atoms with E-state index in [-0.39, 0.29) is 10.3 Å². The second-order valence-electron chi connectivity index (χ2n) is 3.72. The van der Waals surface area contributed by atoms with Crippen LogP contribution in [0.3, 0.4) is 0 Å². The predicted octanol–water partition coefficient (Wildman–Crippen LogP) is 1.22. The van der Waals surface area contributed by atoms with Crippen molar-refractivity contribution in [3.8, 4) is 0 Å². The Kier molecular flexibility index (Phi) is 3.38. The second-order valence-corrected chi connectivity index (χ2v) is 6.64. The molecule has 0 aromatic heterocycles. The lowest BCUT2D eigenvalue weighted by Crippen LogP contribution is -2.06. The Labute approximate surface area is 109 Å². The van der Waals surface area contributed by atoms with Crippen molar-refractivity contribution >= 4 is 34.4 Å². The van der Waals surface area contributed by atoms with E-state index in [0.717, 1.165) is 6.07 Å². The molecule has 0 aliphatic carbocycles. The maximum Gasteiger partial charge on any atom is 0.484 e. The SMILES string of the molecule is Nc1ccc(S(=O)(=O)OP(=O)(O)O)c2ccccc12. The van der Waals surface area contributed by atoms with Crippen molar-refractivity contribution in [1.82, 2.24) is 0 Å². The van der Waals surface area contributed by atoms with Crippen LogP contribution in [0.1, 0.15) is 0 Å². The summed E-state index contributed by atoms with van der Waals surface area (Å²) in [7, 11) is -9.74. The van der Waals surface area contributed by atoms with Crippen molar-refractivity contribution in [1.29, 1.82) is 0 Å². The summed E-state index contributed by atoms with van der Waals surface area (Å²) in [5.74, 6) is 0. The Hall–Kier alpha value is -1.44. The van der Waals surface area contributed by atoms with E-state index in [0.29, 0.717) is 11.1 Å². The maximum absolute atomic E-state index is 11.8. The lowest BCUT2D eigenvalue weighted by molar-refractivity contribution is 0.285. The smallest absolute Gasteiger partial charge is 0.398 e. The quantitative estimate of drug-likeness (QED) is 0.574. The molecule has 4 N–H and O–H groups in total. The third-order valence-electron chi connectivity index (χ3n) is 2.38. The molecule has 0 saturated carbocycles. The molecule has 2 aromatic carbocycles. The van der Waals surface area contributed by atoms with Gasteiger partial charge in [-0.3, -0.25) is 0 Å². The number of phosphoric acid groups is 1. The number of nitrogen functional groups attached to an aromatic ring is 1. The van der Waals surface area contributed by atoms with Crippen molar-refractivity contribution in [2.75, 3.05) is 5.73 Å². The summed E-state index contributed by atoms with van der Waals surface area (Å²) in [6.45, 7) is 0. The van der Waals surface area contributed by atoms with Gasteiger partial charge in [0.05, 0.1) is 0 Å². The number of benzene rings is 2. The van der Waals surface area contributed by atoms with Gasteiger partial charge >= 0.3 is 17.9 Å². The Morgan fingerprint density at radius 3 is 2.21 bits per heavy atom. The van der Waals surface area contributed by atoms with Crippen LogP contribution >= 0.6 is 7.82 Å². The largest absolute Gasteiger partial charge is 0.484 e. The molecule has 0 atom stereocenters. The zero-order valence-corrected chi connectivity index (χ0v) is 11.1. The first kappa shape index (κ1) is 14.0. The van der Waals surface area contributed by atoms with Gasteiger partial charge in [0.2, 0.25) is 0 Å². The minimum absolute atomic E-state index is 0.232. The molecule has 9 heteroatoms. The van der Waals surface area contributed by atoms with Gasteiger partial charge in [-0.05, 0) is 12.1 Å². The van der Waals surface area contributed by atoms with Crippen LogP contribution in [0.4, 0.5) is 5.69 Å². The molecule has 0 radical (unpaired) electrons. The molecule has 0 aliphatic heterocycles. The van der Waals surface area contributed by atoms with Gasteiger partial charge < -0.3 is 15.5 Å². The molecule has 0 saturated heterocycles. The molecule has 2 aromatic rings. The summed E-state index contributed by atoms with van der Waals surface area (Å²) < 4.78 is 38.2. The molecule has 0 fully saturated rings. The van der Waals surface area contributed by atoms with Gasteiger partial charge in [-0.2, -0.15) is 12.4 Å². The summed E-state index contributed by atoms with van der Waals surface area (Å²) in [4.78, 5) is 16.9. The maximum atomic E-state index is 11.8. The summed E-state index contributed by atoms with van der Waals surface area (Å²) in [6.07, 6.45) is 0. The second kappa shape index (κ2) is 4.59. The summed E-state index contributed by atoms with van der Waals surface area (Å²) in [5, 5.41) is 0.689. The fourth-order valence-electron chi connectivity index (χ4n) is 1.68. The van der Waals surface area contributed by atoms with E-state index in [1.165, 1.54) is 12.1 Å². The van der Waals surface area contributed by atoms with E-state index in [9.17, 15) is 13.0 Å². The first-order chi connectivity index (χ1) is 8.71. The molecular formula is C10H10NO6PS. The fourth-order valence-corrected chi connectivity index (χ4v) is 3.71. The number of fused-ring (bicyclic) bond motifs is 1. The molecule has 102 valence electrons. The van der Waals surface area contributed by atoms with E-state index in [1.54, 1.807) is 18.2 Å². The minimum Gasteiger partial charge on any atom is -0.398 e. The van der Waals surface area contributed by atoms with Crippen molar-refractivity contribution in [3.63, 3.8) is 0 Å². The average molecular weight is 303 g/mol. The highest BCUT2D eigenvalue weighted by molar-refractivity contribution is 7.90. The average Bonchev–Trinajstić information content (AvgIpc) is 2.26. The van der Waals surface area contributed by atoms with Crippen molar-refractivity contribution < 1.29 is 26.7 Å². The van der Waals surface area contributed by atoms with Crippen LogP contribution in [0.5, 0.6) is 0 Å². The summed E-state index contributed by atoms with van der Waals surface area (Å²) in [6, 6.07) is 8.79. The number of hydrogen-bond donors (Lipinski definition) is 3. The van der Waals surface area contributed by atoms with Crippen molar-refractivity contribution in [2.45, 2.75) is 4.90 Å². The number of rotatable bonds is 3. The molecule has 0 aliphatic rings. The monoisotopic (exact) mass is 303 g/mol. The Bertz CT molecular complexity index is 782. The zero-order chi connectivity index (χ0) is 14.3. The number of nitrogens with two attached hydrogens (primary N) is 1. The van der Waals surface area contributed by atoms with Gasteiger partial charge in [0.25, 0.3) is 0 Å². The fraction of sp³-hybridized carbons (Fsp3) is 0. The molecule has 19 heavy (non-hydrogen) atoms. The predicted molar refractivity (Wildman–Crippen MR) is 68.7 cm³/mol. The Morgan fingerprint density at radius 2 is 1.63 bits per heavy atom. The van der Waals surface area contributed by atoms with Gasteiger partial charge in [-0.25, -0.2) is 4.57 Å². The topological polar surface area (TPSA) is 127 Å². The molecule has 0 amide bonds. The lowest BCUT2D eigenvalue weighted by Gasteiger charge is -2.10. The van der Waals surface area contributed by atoms with E-state index >= 15 is 0 Å². The summed E-state index contributed by atoms with van der Waals surface area (Å²) >= 11 is 0. The zero-order valence-electron chi connectivity index (χ0n) is 9.42. The van der Waals surface area contributed by atoms with Gasteiger partial charge in [0, 0.05) is 16.5 Å². The minimum atomic E-state index is -5.16. The molecule has 2 rings (SSSR count). The van der Waals surface area contributed by atoms with Gasteiger partial charge in [-0.15, -0.1) is 0 Å². The molecule has 0 bridgehead atoms. The lowest BCUT2D eigenvalue weighted by atomic mass is 10.1. The standard InChI is InChI=1S/C10H10NO6PS/c11-9-5-6-10(8-4-2-1-3-7(8)9)19(15,16)17-18(12,13)14/h1-6H,11H2,(H2,12,13,14). The molecular weight excluding hydrogens is 293 g/mol. The number of hydrogen-bond acceptors (Lipinski definition) is 5. The van der Waals surface area contributed by atoms with Crippen LogP contribution < -0.4 is 5.73 Å². The summed E-state index contributed by atoms with van der Waals surface area (Å²) in [5.41, 5.74) is 6.06. The first-order valence-corrected chi connectivity index (χ1v) is 7.93. The van der Waals surface area contributed by atoms with Crippen LogP contribution in [0.15, 0.2) is 41.3 Å². The molecule has 7 nitrogen and oxygen atoms in total. The number of anilines is 1. The highest BCUT2D eigenvalue weighted by atomic mass is 32.2. The van der Waals surface area contributed by atoms with Crippen molar-refractivity contribution in [2.24, 2.45) is 0 Å². The van der Waals surface area contributed by atoms with Gasteiger partial charge in [0.15, 0.2) is 0 Å². The Morgan fingerprint density at radius 1 is 1.05 bits per heavy atom. The van der Waals surface area contributed by atoms with Crippen LogP contribution in [-0.4, -0.2) is 18.2 Å².